The fourth-order valence-corrected chi connectivity index (χ4v) is 3.52. The number of guanidine groups is 1. The van der Waals surface area contributed by atoms with Crippen molar-refractivity contribution in [3.05, 3.63) is 0 Å². The number of rotatable bonds is 10. The topological polar surface area (TPSA) is 59.9 Å². The van der Waals surface area contributed by atoms with Crippen molar-refractivity contribution in [2.24, 2.45) is 16.8 Å². The molecule has 0 aromatic heterocycles. The largest absolute Gasteiger partial charge is 0.396 e. The number of hydrogen-bond acceptors (Lipinski definition) is 3. The Hall–Kier alpha value is -0.0800. The van der Waals surface area contributed by atoms with E-state index in [9.17, 15) is 0 Å². The lowest BCUT2D eigenvalue weighted by Gasteiger charge is -2.18. The van der Waals surface area contributed by atoms with Crippen molar-refractivity contribution in [1.29, 1.82) is 0 Å². The Labute approximate surface area is 165 Å². The fourth-order valence-electron chi connectivity index (χ4n) is 3.52. The van der Waals surface area contributed by atoms with Crippen LogP contribution in [0.15, 0.2) is 4.99 Å². The van der Waals surface area contributed by atoms with E-state index in [0.29, 0.717) is 5.92 Å². The molecule has 1 saturated carbocycles. The summed E-state index contributed by atoms with van der Waals surface area (Å²) in [5.74, 6) is 2.19. The summed E-state index contributed by atoms with van der Waals surface area (Å²) >= 11 is 0. The number of nitrogens with zero attached hydrogens (tertiary/aromatic N) is 2. The summed E-state index contributed by atoms with van der Waals surface area (Å²) in [7, 11) is 0. The monoisotopic (exact) mass is 452 g/mol. The minimum absolute atomic E-state index is 0. The predicted octanol–water partition coefficient (Wildman–Crippen LogP) is 2.44. The maximum absolute atomic E-state index is 9.17. The van der Waals surface area contributed by atoms with Gasteiger partial charge in [0.15, 0.2) is 5.96 Å². The lowest BCUT2D eigenvalue weighted by atomic mass is 10.0. The summed E-state index contributed by atoms with van der Waals surface area (Å²) in [4.78, 5) is 7.41. The van der Waals surface area contributed by atoms with E-state index in [4.69, 9.17) is 10.1 Å². The fraction of sp³-hybridized carbons (Fsp3) is 0.944. The van der Waals surface area contributed by atoms with E-state index in [2.05, 4.69) is 29.4 Å². The number of nitrogens with one attached hydrogen (secondary N) is 2. The summed E-state index contributed by atoms with van der Waals surface area (Å²) < 4.78 is 0. The van der Waals surface area contributed by atoms with Crippen LogP contribution in [0.3, 0.4) is 0 Å². The van der Waals surface area contributed by atoms with Crippen molar-refractivity contribution < 1.29 is 5.11 Å². The van der Waals surface area contributed by atoms with Crippen LogP contribution in [0.5, 0.6) is 0 Å². The zero-order valence-corrected chi connectivity index (χ0v) is 17.8. The van der Waals surface area contributed by atoms with Gasteiger partial charge < -0.3 is 20.6 Å². The maximum atomic E-state index is 9.17. The highest BCUT2D eigenvalue weighted by Gasteiger charge is 2.34. The summed E-state index contributed by atoms with van der Waals surface area (Å²) in [6.07, 6.45) is 7.29. The first-order valence-electron chi connectivity index (χ1n) is 9.63. The Morgan fingerprint density at radius 1 is 1.21 bits per heavy atom. The van der Waals surface area contributed by atoms with Crippen LogP contribution in [0.4, 0.5) is 0 Å². The van der Waals surface area contributed by atoms with Crippen molar-refractivity contribution in [2.75, 3.05) is 39.3 Å². The Bertz CT molecular complexity index is 357. The van der Waals surface area contributed by atoms with Crippen molar-refractivity contribution >= 4 is 29.9 Å². The van der Waals surface area contributed by atoms with Gasteiger partial charge in [-0.25, -0.2) is 0 Å². The first kappa shape index (κ1) is 22.0. The van der Waals surface area contributed by atoms with Crippen LogP contribution in [-0.4, -0.2) is 61.3 Å². The third-order valence-electron chi connectivity index (χ3n) is 5.02. The van der Waals surface area contributed by atoms with Crippen LogP contribution < -0.4 is 10.6 Å². The second kappa shape index (κ2) is 12.3. The predicted molar refractivity (Wildman–Crippen MR) is 112 cm³/mol. The van der Waals surface area contributed by atoms with Gasteiger partial charge in [0.2, 0.25) is 0 Å². The molecule has 0 radical (unpaired) electrons. The third-order valence-corrected chi connectivity index (χ3v) is 5.02. The maximum Gasteiger partial charge on any atom is 0.191 e. The Morgan fingerprint density at radius 2 is 2.00 bits per heavy atom. The molecule has 2 atom stereocenters. The molecule has 2 rings (SSSR count). The molecule has 2 unspecified atom stereocenters. The van der Waals surface area contributed by atoms with Gasteiger partial charge in [0.25, 0.3) is 0 Å². The molecule has 142 valence electrons. The molecule has 24 heavy (non-hydrogen) atoms. The highest BCUT2D eigenvalue weighted by molar-refractivity contribution is 14.0. The number of aliphatic hydroxyl groups excluding tert-OH is 1. The normalized spacial score (nSPS) is 23.0. The molecule has 1 aliphatic carbocycles. The van der Waals surface area contributed by atoms with E-state index in [1.54, 1.807) is 0 Å². The van der Waals surface area contributed by atoms with Crippen LogP contribution in [0.2, 0.25) is 0 Å². The van der Waals surface area contributed by atoms with Crippen molar-refractivity contribution in [1.82, 2.24) is 15.5 Å². The number of halogens is 1. The highest BCUT2D eigenvalue weighted by atomic mass is 127. The molecule has 3 N–H and O–H groups in total. The van der Waals surface area contributed by atoms with Crippen LogP contribution in [0.1, 0.15) is 52.4 Å². The van der Waals surface area contributed by atoms with Crippen molar-refractivity contribution in [2.45, 2.75) is 58.4 Å². The molecule has 1 saturated heterocycles. The Balaban J connectivity index is 0.00000288. The third kappa shape index (κ3) is 7.87. The van der Waals surface area contributed by atoms with Crippen molar-refractivity contribution in [3.8, 4) is 0 Å². The second-order valence-electron chi connectivity index (χ2n) is 7.15. The van der Waals surface area contributed by atoms with Gasteiger partial charge in [-0.2, -0.15) is 0 Å². The molecule has 1 aliphatic heterocycles. The van der Waals surface area contributed by atoms with Crippen LogP contribution >= 0.6 is 24.0 Å². The Kier molecular flexibility index (Phi) is 11.3. The van der Waals surface area contributed by atoms with E-state index in [-0.39, 0.29) is 30.6 Å². The van der Waals surface area contributed by atoms with Gasteiger partial charge in [-0.1, -0.05) is 13.3 Å². The molecule has 0 amide bonds. The lowest BCUT2D eigenvalue weighted by molar-refractivity contribution is 0.253. The van der Waals surface area contributed by atoms with Gasteiger partial charge in [0.1, 0.15) is 0 Å². The van der Waals surface area contributed by atoms with Gasteiger partial charge in [-0.3, -0.25) is 4.99 Å². The molecule has 1 heterocycles. The van der Waals surface area contributed by atoms with Crippen LogP contribution in [0, 0.1) is 11.8 Å². The zero-order chi connectivity index (χ0) is 16.5. The SMILES string of the molecule is CCCC(CCO)CN=C(NCC)NCC1CCN(C2CC2)C1.I. The molecule has 2 fully saturated rings. The number of aliphatic imine (C=N–C) groups is 1. The standard InChI is InChI=1S/C18H36N4O.HI/c1-3-5-15(9-11-23)12-20-18(19-4-2)21-13-16-8-10-22(14-16)17-6-7-17;/h15-17,23H,3-14H2,1-2H3,(H2,19,20,21);1H. The van der Waals surface area contributed by atoms with E-state index in [1.165, 1.54) is 32.4 Å². The molecule has 5 nitrogen and oxygen atoms in total. The number of likely N-dealkylation sites (tertiary alicyclic amines) is 1. The lowest BCUT2D eigenvalue weighted by Crippen LogP contribution is -2.40. The van der Waals surface area contributed by atoms with Gasteiger partial charge in [0.05, 0.1) is 0 Å². The average molecular weight is 452 g/mol. The quantitative estimate of drug-likeness (QED) is 0.271. The molecule has 0 aromatic rings. The molecule has 2 aliphatic rings. The first-order chi connectivity index (χ1) is 11.3. The van der Waals surface area contributed by atoms with Gasteiger partial charge in [0, 0.05) is 38.8 Å². The summed E-state index contributed by atoms with van der Waals surface area (Å²) in [5.41, 5.74) is 0. The minimum atomic E-state index is 0. The van der Waals surface area contributed by atoms with Crippen LogP contribution in [0.25, 0.3) is 0 Å². The minimum Gasteiger partial charge on any atom is -0.396 e. The highest BCUT2D eigenvalue weighted by Crippen LogP contribution is 2.31. The molecular formula is C18H37IN4O. The summed E-state index contributed by atoms with van der Waals surface area (Å²) in [5, 5.41) is 16.1. The zero-order valence-electron chi connectivity index (χ0n) is 15.5. The summed E-state index contributed by atoms with van der Waals surface area (Å²) in [6, 6.07) is 0.898. The van der Waals surface area contributed by atoms with Crippen molar-refractivity contribution in [3.63, 3.8) is 0 Å². The molecule has 6 heteroatoms. The summed E-state index contributed by atoms with van der Waals surface area (Å²) in [6.45, 7) is 9.82. The number of hydrogen-bond donors (Lipinski definition) is 3. The van der Waals surface area contributed by atoms with Gasteiger partial charge in [-0.05, 0) is 57.4 Å². The molecular weight excluding hydrogens is 415 g/mol. The second-order valence-corrected chi connectivity index (χ2v) is 7.15. The van der Waals surface area contributed by atoms with Crippen LogP contribution in [-0.2, 0) is 0 Å². The first-order valence-corrected chi connectivity index (χ1v) is 9.63. The Morgan fingerprint density at radius 3 is 2.62 bits per heavy atom. The van der Waals surface area contributed by atoms with Gasteiger partial charge >= 0.3 is 0 Å². The smallest absolute Gasteiger partial charge is 0.191 e. The van der Waals surface area contributed by atoms with E-state index in [1.807, 2.05) is 0 Å². The van der Waals surface area contributed by atoms with Gasteiger partial charge in [-0.15, -0.1) is 24.0 Å². The van der Waals surface area contributed by atoms with E-state index < -0.39 is 0 Å². The average Bonchev–Trinajstić information content (AvgIpc) is 3.29. The van der Waals surface area contributed by atoms with E-state index >= 15 is 0 Å². The van der Waals surface area contributed by atoms with E-state index in [0.717, 1.165) is 56.8 Å². The molecule has 0 spiro atoms. The number of aliphatic hydroxyl groups is 1. The molecule has 0 aromatic carbocycles. The molecule has 0 bridgehead atoms.